The van der Waals surface area contributed by atoms with Crippen LogP contribution in [0.4, 0.5) is 0 Å². The van der Waals surface area contributed by atoms with Crippen molar-refractivity contribution < 1.29 is 9.47 Å². The number of nitrogens with zero attached hydrogens (tertiary/aromatic N) is 1. The van der Waals surface area contributed by atoms with E-state index in [1.165, 1.54) is 5.56 Å². The number of methoxy groups -OCH3 is 1. The number of fused-ring (bicyclic) bond motifs is 1. The Hall–Kier alpha value is -1.26. The van der Waals surface area contributed by atoms with Crippen molar-refractivity contribution >= 4 is 0 Å². The Bertz CT molecular complexity index is 481. The van der Waals surface area contributed by atoms with Gasteiger partial charge < -0.3 is 19.7 Å². The second-order valence-electron chi connectivity index (χ2n) is 6.01. The molecule has 1 saturated heterocycles. The highest BCUT2D eigenvalue weighted by molar-refractivity contribution is 5.49. The number of hydrogen-bond donors (Lipinski definition) is 1. The molecule has 0 aromatic heterocycles. The van der Waals surface area contributed by atoms with Gasteiger partial charge in [0.1, 0.15) is 17.1 Å². The van der Waals surface area contributed by atoms with Gasteiger partial charge in [-0.2, -0.15) is 0 Å². The van der Waals surface area contributed by atoms with Crippen molar-refractivity contribution in [1.29, 1.82) is 0 Å². The molecule has 3 rings (SSSR count). The number of piperidine rings is 1. The van der Waals surface area contributed by atoms with E-state index >= 15 is 0 Å². The van der Waals surface area contributed by atoms with Crippen LogP contribution in [0.2, 0.25) is 0 Å². The summed E-state index contributed by atoms with van der Waals surface area (Å²) in [5.74, 6) is 1.91. The van der Waals surface area contributed by atoms with Gasteiger partial charge in [-0.1, -0.05) is 6.07 Å². The number of ether oxygens (including phenoxy) is 2. The molecule has 0 aliphatic carbocycles. The van der Waals surface area contributed by atoms with Gasteiger partial charge in [-0.05, 0) is 39.1 Å². The Morgan fingerprint density at radius 2 is 2.10 bits per heavy atom. The van der Waals surface area contributed by atoms with Crippen molar-refractivity contribution in [2.45, 2.75) is 30.9 Å². The molecule has 4 nitrogen and oxygen atoms in total. The Morgan fingerprint density at radius 3 is 2.75 bits per heavy atom. The summed E-state index contributed by atoms with van der Waals surface area (Å²) >= 11 is 0. The Balaban J connectivity index is 1.95. The van der Waals surface area contributed by atoms with E-state index in [4.69, 9.17) is 9.47 Å². The molecule has 2 heterocycles. The highest BCUT2D eigenvalue weighted by Crippen LogP contribution is 2.47. The molecule has 0 saturated carbocycles. The normalized spacial score (nSPS) is 25.1. The SMILES string of the molecule is CNC1CC2(CCN(C)CC2)Oc2cccc(OC)c21. The maximum Gasteiger partial charge on any atom is 0.128 e. The quantitative estimate of drug-likeness (QED) is 0.898. The van der Waals surface area contributed by atoms with E-state index in [2.05, 4.69) is 23.3 Å². The molecule has 1 unspecified atom stereocenters. The van der Waals surface area contributed by atoms with Crippen LogP contribution in [0.25, 0.3) is 0 Å². The fraction of sp³-hybridized carbons (Fsp3) is 0.625. The molecule has 4 heteroatoms. The van der Waals surface area contributed by atoms with Crippen molar-refractivity contribution in [3.63, 3.8) is 0 Å². The third-order valence-corrected chi connectivity index (χ3v) is 4.74. The van der Waals surface area contributed by atoms with Gasteiger partial charge in [0.2, 0.25) is 0 Å². The molecule has 1 aromatic carbocycles. The number of nitrogens with one attached hydrogen (secondary N) is 1. The topological polar surface area (TPSA) is 33.7 Å². The molecule has 0 amide bonds. The van der Waals surface area contributed by atoms with Gasteiger partial charge in [0.15, 0.2) is 0 Å². The van der Waals surface area contributed by atoms with Crippen molar-refractivity contribution in [1.82, 2.24) is 10.2 Å². The molecule has 0 radical (unpaired) electrons. The van der Waals surface area contributed by atoms with Gasteiger partial charge in [0.05, 0.1) is 12.7 Å². The van der Waals surface area contributed by atoms with Crippen molar-refractivity contribution in [3.8, 4) is 11.5 Å². The van der Waals surface area contributed by atoms with E-state index in [-0.39, 0.29) is 5.60 Å². The fourth-order valence-corrected chi connectivity index (χ4v) is 3.46. The second-order valence-corrected chi connectivity index (χ2v) is 6.01. The molecule has 2 aliphatic rings. The van der Waals surface area contributed by atoms with Crippen molar-refractivity contribution in [2.24, 2.45) is 0 Å². The summed E-state index contributed by atoms with van der Waals surface area (Å²) in [6, 6.07) is 6.40. The minimum Gasteiger partial charge on any atom is -0.496 e. The maximum atomic E-state index is 6.44. The molecule has 1 spiro atoms. The number of hydrogen-bond acceptors (Lipinski definition) is 4. The number of rotatable bonds is 2. The van der Waals surface area contributed by atoms with Gasteiger partial charge in [0.25, 0.3) is 0 Å². The number of likely N-dealkylation sites (tertiary alicyclic amines) is 1. The van der Waals surface area contributed by atoms with Crippen LogP contribution in [0.5, 0.6) is 11.5 Å². The molecular formula is C16H24N2O2. The van der Waals surface area contributed by atoms with Crippen LogP contribution in [-0.4, -0.2) is 44.8 Å². The average Bonchev–Trinajstić information content (AvgIpc) is 2.49. The summed E-state index contributed by atoms with van der Waals surface area (Å²) < 4.78 is 11.9. The summed E-state index contributed by atoms with van der Waals surface area (Å²) in [7, 11) is 5.93. The van der Waals surface area contributed by atoms with Crippen molar-refractivity contribution in [2.75, 3.05) is 34.3 Å². The van der Waals surface area contributed by atoms with Gasteiger partial charge in [-0.25, -0.2) is 0 Å². The summed E-state index contributed by atoms with van der Waals surface area (Å²) in [6.45, 7) is 2.21. The average molecular weight is 276 g/mol. The number of benzene rings is 1. The Morgan fingerprint density at radius 1 is 1.35 bits per heavy atom. The lowest BCUT2D eigenvalue weighted by Gasteiger charge is -2.46. The smallest absolute Gasteiger partial charge is 0.128 e. The molecule has 110 valence electrons. The molecule has 1 atom stereocenters. The first-order valence-corrected chi connectivity index (χ1v) is 7.39. The first-order valence-electron chi connectivity index (χ1n) is 7.39. The van der Waals surface area contributed by atoms with E-state index in [9.17, 15) is 0 Å². The minimum absolute atomic E-state index is 0.0143. The Kier molecular flexibility index (Phi) is 3.61. The molecule has 0 bridgehead atoms. The monoisotopic (exact) mass is 276 g/mol. The molecule has 1 fully saturated rings. The van der Waals surface area contributed by atoms with Gasteiger partial charge >= 0.3 is 0 Å². The lowest BCUT2D eigenvalue weighted by atomic mass is 9.80. The maximum absolute atomic E-state index is 6.44. The van der Waals surface area contributed by atoms with E-state index in [1.54, 1.807) is 7.11 Å². The molecule has 1 aromatic rings. The zero-order chi connectivity index (χ0) is 14.2. The second kappa shape index (κ2) is 5.26. The summed E-state index contributed by atoms with van der Waals surface area (Å²) in [5, 5.41) is 3.44. The van der Waals surface area contributed by atoms with Crippen LogP contribution in [0.15, 0.2) is 18.2 Å². The van der Waals surface area contributed by atoms with Gasteiger partial charge in [0, 0.05) is 25.6 Å². The van der Waals surface area contributed by atoms with E-state index in [0.29, 0.717) is 6.04 Å². The van der Waals surface area contributed by atoms with Gasteiger partial charge in [-0.15, -0.1) is 0 Å². The van der Waals surface area contributed by atoms with E-state index in [1.807, 2.05) is 19.2 Å². The van der Waals surface area contributed by atoms with Crippen molar-refractivity contribution in [3.05, 3.63) is 23.8 Å². The zero-order valence-corrected chi connectivity index (χ0v) is 12.6. The van der Waals surface area contributed by atoms with Crippen LogP contribution < -0.4 is 14.8 Å². The largest absolute Gasteiger partial charge is 0.496 e. The predicted molar refractivity (Wildman–Crippen MR) is 79.5 cm³/mol. The first-order chi connectivity index (χ1) is 9.67. The Labute approximate surface area is 121 Å². The van der Waals surface area contributed by atoms with Crippen LogP contribution >= 0.6 is 0 Å². The van der Waals surface area contributed by atoms with Crippen LogP contribution in [0.1, 0.15) is 30.9 Å². The minimum atomic E-state index is -0.0143. The highest BCUT2D eigenvalue weighted by Gasteiger charge is 2.43. The van der Waals surface area contributed by atoms with Crippen LogP contribution in [0, 0.1) is 0 Å². The standard InChI is InChI=1S/C16H24N2O2/c1-17-12-11-16(7-9-18(2)10-8-16)20-14-6-4-5-13(19-3)15(12)14/h4-6,12,17H,7-11H2,1-3H3. The van der Waals surface area contributed by atoms with E-state index in [0.717, 1.165) is 43.9 Å². The third-order valence-electron chi connectivity index (χ3n) is 4.74. The summed E-state index contributed by atoms with van der Waals surface area (Å²) in [5.41, 5.74) is 1.15. The van der Waals surface area contributed by atoms with Gasteiger partial charge in [-0.3, -0.25) is 0 Å². The summed E-state index contributed by atoms with van der Waals surface area (Å²) in [6.07, 6.45) is 3.21. The molecule has 2 aliphatic heterocycles. The first kappa shape index (κ1) is 13.7. The van der Waals surface area contributed by atoms with E-state index < -0.39 is 0 Å². The van der Waals surface area contributed by atoms with Crippen LogP contribution in [-0.2, 0) is 0 Å². The predicted octanol–water partition coefficient (Wildman–Crippen LogP) is 2.20. The molecule has 1 N–H and O–H groups in total. The van der Waals surface area contributed by atoms with Crippen LogP contribution in [0.3, 0.4) is 0 Å². The molecular weight excluding hydrogens is 252 g/mol. The highest BCUT2D eigenvalue weighted by atomic mass is 16.5. The zero-order valence-electron chi connectivity index (χ0n) is 12.6. The summed E-state index contributed by atoms with van der Waals surface area (Å²) in [4.78, 5) is 2.38. The fourth-order valence-electron chi connectivity index (χ4n) is 3.46. The molecule has 20 heavy (non-hydrogen) atoms. The lowest BCUT2D eigenvalue weighted by Crippen LogP contribution is -2.50. The lowest BCUT2D eigenvalue weighted by molar-refractivity contribution is -0.0200. The third kappa shape index (κ3) is 2.27.